The molecule has 1 aromatic carbocycles. The minimum Gasteiger partial charge on any atom is -0.360 e. The van der Waals surface area contributed by atoms with E-state index in [9.17, 15) is 9.59 Å². The zero-order chi connectivity index (χ0) is 20.4. The molecule has 2 amide bonds. The summed E-state index contributed by atoms with van der Waals surface area (Å²) in [4.78, 5) is 24.9. The molecule has 0 saturated heterocycles. The van der Waals surface area contributed by atoms with Crippen molar-refractivity contribution in [2.75, 3.05) is 11.9 Å². The molecule has 3 rings (SSSR count). The monoisotopic (exact) mass is 401 g/mol. The standard InChI is InChI=1S/C19H20ClN5O3/c1-10-17(11(2)25(4)23-10)22-15(26)9-21-19(27)16-12(3)28-24-18(16)13-7-5-6-8-14(13)20/h5-8H,9H2,1-4H3,(H,21,27)(H,22,26). The fourth-order valence-corrected chi connectivity index (χ4v) is 3.09. The number of halogens is 1. The number of hydrogen-bond acceptors (Lipinski definition) is 5. The lowest BCUT2D eigenvalue weighted by Gasteiger charge is -2.08. The maximum absolute atomic E-state index is 12.7. The molecule has 0 spiro atoms. The number of anilines is 1. The van der Waals surface area contributed by atoms with E-state index in [1.54, 1.807) is 49.8 Å². The molecule has 9 heteroatoms. The van der Waals surface area contributed by atoms with Crippen LogP contribution in [0.25, 0.3) is 11.3 Å². The molecule has 2 heterocycles. The van der Waals surface area contributed by atoms with Crippen LogP contribution in [-0.2, 0) is 11.8 Å². The third-order valence-corrected chi connectivity index (χ3v) is 4.73. The molecule has 2 N–H and O–H groups in total. The van der Waals surface area contributed by atoms with E-state index in [0.717, 1.165) is 5.69 Å². The van der Waals surface area contributed by atoms with E-state index in [2.05, 4.69) is 20.9 Å². The van der Waals surface area contributed by atoms with Gasteiger partial charge in [-0.3, -0.25) is 14.3 Å². The van der Waals surface area contributed by atoms with Gasteiger partial charge in [-0.15, -0.1) is 0 Å². The fourth-order valence-electron chi connectivity index (χ4n) is 2.86. The molecular weight excluding hydrogens is 382 g/mol. The molecule has 0 fully saturated rings. The highest BCUT2D eigenvalue weighted by atomic mass is 35.5. The first-order valence-electron chi connectivity index (χ1n) is 8.59. The van der Waals surface area contributed by atoms with E-state index in [-0.39, 0.29) is 18.0 Å². The predicted octanol–water partition coefficient (Wildman–Crippen LogP) is 3.02. The summed E-state index contributed by atoms with van der Waals surface area (Å²) in [5.41, 5.74) is 3.33. The van der Waals surface area contributed by atoms with E-state index >= 15 is 0 Å². The highest BCUT2D eigenvalue weighted by Crippen LogP contribution is 2.30. The van der Waals surface area contributed by atoms with E-state index in [1.165, 1.54) is 0 Å². The second-order valence-corrected chi connectivity index (χ2v) is 6.75. The zero-order valence-electron chi connectivity index (χ0n) is 16.0. The Kier molecular flexibility index (Phi) is 5.51. The van der Waals surface area contributed by atoms with Crippen LogP contribution in [0.4, 0.5) is 5.69 Å². The third-order valence-electron chi connectivity index (χ3n) is 4.40. The van der Waals surface area contributed by atoms with Gasteiger partial charge < -0.3 is 15.2 Å². The summed E-state index contributed by atoms with van der Waals surface area (Å²) in [6.07, 6.45) is 0. The summed E-state index contributed by atoms with van der Waals surface area (Å²) < 4.78 is 6.86. The number of amides is 2. The van der Waals surface area contributed by atoms with Crippen LogP contribution in [0.1, 0.15) is 27.5 Å². The van der Waals surface area contributed by atoms with Crippen molar-refractivity contribution in [3.63, 3.8) is 0 Å². The Bertz CT molecular complexity index is 1050. The molecular formula is C19H20ClN5O3. The largest absolute Gasteiger partial charge is 0.360 e. The first kappa shape index (κ1) is 19.6. The minimum absolute atomic E-state index is 0.209. The van der Waals surface area contributed by atoms with Crippen molar-refractivity contribution in [1.29, 1.82) is 0 Å². The van der Waals surface area contributed by atoms with Gasteiger partial charge in [-0.1, -0.05) is 35.0 Å². The number of hydrogen-bond donors (Lipinski definition) is 2. The topological polar surface area (TPSA) is 102 Å². The maximum atomic E-state index is 12.7. The summed E-state index contributed by atoms with van der Waals surface area (Å²) in [6, 6.07) is 7.02. The third kappa shape index (κ3) is 3.77. The molecule has 0 aliphatic heterocycles. The van der Waals surface area contributed by atoms with Crippen molar-refractivity contribution >= 4 is 29.1 Å². The van der Waals surface area contributed by atoms with Gasteiger partial charge in [0.1, 0.15) is 17.0 Å². The molecule has 0 aliphatic rings. The van der Waals surface area contributed by atoms with Crippen molar-refractivity contribution in [1.82, 2.24) is 20.3 Å². The van der Waals surface area contributed by atoms with E-state index in [1.807, 2.05) is 6.92 Å². The highest BCUT2D eigenvalue weighted by Gasteiger charge is 2.23. The second-order valence-electron chi connectivity index (χ2n) is 6.34. The lowest BCUT2D eigenvalue weighted by atomic mass is 10.1. The quantitative estimate of drug-likeness (QED) is 0.684. The van der Waals surface area contributed by atoms with E-state index in [0.29, 0.717) is 33.4 Å². The number of aryl methyl sites for hydroxylation is 3. The number of nitrogens with zero attached hydrogens (tertiary/aromatic N) is 3. The van der Waals surface area contributed by atoms with Crippen LogP contribution in [0, 0.1) is 20.8 Å². The summed E-state index contributed by atoms with van der Waals surface area (Å²) in [7, 11) is 1.80. The highest BCUT2D eigenvalue weighted by molar-refractivity contribution is 6.33. The number of aromatic nitrogens is 3. The molecule has 0 aliphatic carbocycles. The molecule has 0 saturated carbocycles. The lowest BCUT2D eigenvalue weighted by Crippen LogP contribution is -2.33. The predicted molar refractivity (Wildman–Crippen MR) is 105 cm³/mol. The van der Waals surface area contributed by atoms with Gasteiger partial charge in [0.05, 0.1) is 28.6 Å². The van der Waals surface area contributed by atoms with Gasteiger partial charge in [0, 0.05) is 12.6 Å². The van der Waals surface area contributed by atoms with Crippen LogP contribution >= 0.6 is 11.6 Å². The number of nitrogens with one attached hydrogen (secondary N) is 2. The van der Waals surface area contributed by atoms with Crippen molar-refractivity contribution in [2.24, 2.45) is 7.05 Å². The normalized spacial score (nSPS) is 10.8. The second kappa shape index (κ2) is 7.85. The van der Waals surface area contributed by atoms with Crippen molar-refractivity contribution in [2.45, 2.75) is 20.8 Å². The van der Waals surface area contributed by atoms with Crippen LogP contribution in [0.2, 0.25) is 5.02 Å². The molecule has 0 radical (unpaired) electrons. The van der Waals surface area contributed by atoms with Crippen LogP contribution < -0.4 is 10.6 Å². The van der Waals surface area contributed by atoms with Gasteiger partial charge in [0.2, 0.25) is 5.91 Å². The summed E-state index contributed by atoms with van der Waals surface area (Å²) in [6.45, 7) is 5.08. The maximum Gasteiger partial charge on any atom is 0.257 e. The number of carbonyl (C=O) groups excluding carboxylic acids is 2. The van der Waals surface area contributed by atoms with E-state index < -0.39 is 5.91 Å². The molecule has 3 aromatic rings. The average Bonchev–Trinajstić information content (AvgIpc) is 3.15. The van der Waals surface area contributed by atoms with Crippen LogP contribution in [-0.4, -0.2) is 33.3 Å². The zero-order valence-corrected chi connectivity index (χ0v) is 16.7. The first-order chi connectivity index (χ1) is 13.3. The number of carbonyl (C=O) groups is 2. The SMILES string of the molecule is Cc1nn(C)c(C)c1NC(=O)CNC(=O)c1c(-c2ccccc2Cl)noc1C. The van der Waals surface area contributed by atoms with Gasteiger partial charge >= 0.3 is 0 Å². The van der Waals surface area contributed by atoms with Gasteiger partial charge in [-0.25, -0.2) is 0 Å². The molecule has 0 unspecified atom stereocenters. The molecule has 0 atom stereocenters. The Morgan fingerprint density at radius 2 is 1.93 bits per heavy atom. The molecule has 0 bridgehead atoms. The van der Waals surface area contributed by atoms with Gasteiger partial charge in [-0.2, -0.15) is 5.10 Å². The fraction of sp³-hybridized carbons (Fsp3) is 0.263. The number of rotatable bonds is 5. The molecule has 8 nitrogen and oxygen atoms in total. The van der Waals surface area contributed by atoms with Crippen molar-refractivity contribution < 1.29 is 14.1 Å². The molecule has 2 aromatic heterocycles. The Morgan fingerprint density at radius 3 is 2.57 bits per heavy atom. The average molecular weight is 402 g/mol. The Balaban J connectivity index is 1.73. The van der Waals surface area contributed by atoms with Gasteiger partial charge in [0.15, 0.2) is 0 Å². The van der Waals surface area contributed by atoms with E-state index in [4.69, 9.17) is 16.1 Å². The summed E-state index contributed by atoms with van der Waals surface area (Å²) >= 11 is 6.21. The Morgan fingerprint density at radius 1 is 1.21 bits per heavy atom. The van der Waals surface area contributed by atoms with Crippen molar-refractivity contribution in [3.05, 3.63) is 52.0 Å². The molecule has 146 valence electrons. The van der Waals surface area contributed by atoms with Crippen LogP contribution in [0.5, 0.6) is 0 Å². The van der Waals surface area contributed by atoms with Crippen molar-refractivity contribution in [3.8, 4) is 11.3 Å². The van der Waals surface area contributed by atoms with Crippen LogP contribution in [0.15, 0.2) is 28.8 Å². The first-order valence-corrected chi connectivity index (χ1v) is 8.96. The minimum atomic E-state index is -0.469. The summed E-state index contributed by atoms with van der Waals surface area (Å²) in [5, 5.41) is 14.0. The Labute approximate surface area is 166 Å². The van der Waals surface area contributed by atoms with Crippen LogP contribution in [0.3, 0.4) is 0 Å². The Hall–Kier alpha value is -3.13. The van der Waals surface area contributed by atoms with Gasteiger partial charge in [0.25, 0.3) is 5.91 Å². The summed E-state index contributed by atoms with van der Waals surface area (Å²) in [5.74, 6) is -0.490. The smallest absolute Gasteiger partial charge is 0.257 e. The molecule has 28 heavy (non-hydrogen) atoms. The number of benzene rings is 1. The van der Waals surface area contributed by atoms with Gasteiger partial charge in [-0.05, 0) is 26.8 Å². The lowest BCUT2D eigenvalue weighted by molar-refractivity contribution is -0.115.